The summed E-state index contributed by atoms with van der Waals surface area (Å²) in [6.45, 7) is 2.51. The van der Waals surface area contributed by atoms with E-state index in [-0.39, 0.29) is 17.5 Å². The number of rotatable bonds is 6. The first-order chi connectivity index (χ1) is 15.5. The minimum absolute atomic E-state index is 0.0595. The molecule has 0 saturated carbocycles. The van der Waals surface area contributed by atoms with E-state index in [9.17, 15) is 4.79 Å². The molecule has 0 radical (unpaired) electrons. The maximum absolute atomic E-state index is 13.7. The van der Waals surface area contributed by atoms with Crippen molar-refractivity contribution in [3.63, 3.8) is 0 Å². The molecule has 32 heavy (non-hydrogen) atoms. The highest BCUT2D eigenvalue weighted by atomic mass is 32.2. The number of anilines is 2. The number of fused-ring (bicyclic) bond motifs is 3. The van der Waals surface area contributed by atoms with Crippen LogP contribution >= 0.6 is 23.1 Å². The summed E-state index contributed by atoms with van der Waals surface area (Å²) < 4.78 is 7.21. The molecule has 3 heterocycles. The van der Waals surface area contributed by atoms with Crippen LogP contribution in [0, 0.1) is 0 Å². The molecule has 0 spiro atoms. The van der Waals surface area contributed by atoms with Crippen LogP contribution in [0.2, 0.25) is 0 Å². The van der Waals surface area contributed by atoms with Gasteiger partial charge in [-0.3, -0.25) is 9.36 Å². The zero-order valence-corrected chi connectivity index (χ0v) is 19.0. The van der Waals surface area contributed by atoms with Gasteiger partial charge >= 0.3 is 0 Å². The molecule has 164 valence electrons. The second-order valence-corrected chi connectivity index (χ2v) is 9.28. The van der Waals surface area contributed by atoms with Gasteiger partial charge in [0, 0.05) is 4.88 Å². The number of nitrogens with two attached hydrogens (primary N) is 2. The van der Waals surface area contributed by atoms with Gasteiger partial charge in [-0.15, -0.1) is 11.3 Å². The summed E-state index contributed by atoms with van der Waals surface area (Å²) in [6.07, 6.45) is 3.01. The number of aromatic nitrogens is 5. The molecule has 3 aromatic heterocycles. The van der Waals surface area contributed by atoms with Gasteiger partial charge in [0.2, 0.25) is 11.9 Å². The third-order valence-electron chi connectivity index (χ3n) is 5.16. The van der Waals surface area contributed by atoms with Crippen LogP contribution < -0.4 is 21.8 Å². The van der Waals surface area contributed by atoms with Gasteiger partial charge in [0.25, 0.3) is 5.56 Å². The van der Waals surface area contributed by atoms with E-state index in [4.69, 9.17) is 21.2 Å². The summed E-state index contributed by atoms with van der Waals surface area (Å²) in [4.78, 5) is 32.7. The first kappa shape index (κ1) is 20.7. The summed E-state index contributed by atoms with van der Waals surface area (Å²) in [5, 5.41) is 1.29. The van der Waals surface area contributed by atoms with Crippen LogP contribution in [0.25, 0.3) is 15.9 Å². The maximum Gasteiger partial charge on any atom is 0.267 e. The van der Waals surface area contributed by atoms with Crippen molar-refractivity contribution >= 4 is 45.2 Å². The first-order valence-electron chi connectivity index (χ1n) is 10.2. The van der Waals surface area contributed by atoms with Crippen LogP contribution in [-0.2, 0) is 18.6 Å². The van der Waals surface area contributed by atoms with Gasteiger partial charge < -0.3 is 16.2 Å². The third kappa shape index (κ3) is 3.78. The number of hydrogen-bond donors (Lipinski definition) is 2. The topological polar surface area (TPSA) is 135 Å². The van der Waals surface area contributed by atoms with E-state index < -0.39 is 0 Å². The van der Waals surface area contributed by atoms with Crippen molar-refractivity contribution in [2.75, 3.05) is 18.1 Å². The molecule has 0 atom stereocenters. The molecule has 0 aliphatic heterocycles. The Morgan fingerprint density at radius 3 is 2.56 bits per heavy atom. The number of nitrogen functional groups attached to an aromatic ring is 2. The average Bonchev–Trinajstić information content (AvgIpc) is 3.34. The van der Waals surface area contributed by atoms with E-state index >= 15 is 0 Å². The van der Waals surface area contributed by atoms with Gasteiger partial charge in [-0.25, -0.2) is 4.98 Å². The molecule has 9 nitrogen and oxygen atoms in total. The Bertz CT molecular complexity index is 1350. The van der Waals surface area contributed by atoms with Crippen molar-refractivity contribution in [2.24, 2.45) is 0 Å². The molecule has 0 bridgehead atoms. The monoisotopic (exact) mass is 467 g/mol. The van der Waals surface area contributed by atoms with Crippen LogP contribution in [0.4, 0.5) is 11.9 Å². The molecular weight excluding hydrogens is 446 g/mol. The number of thioether (sulfide) groups is 1. The number of ether oxygens (including phenoxy) is 1. The lowest BCUT2D eigenvalue weighted by Crippen LogP contribution is -2.22. The number of aryl methyl sites for hydroxylation is 2. The van der Waals surface area contributed by atoms with Crippen LogP contribution in [0.1, 0.15) is 29.6 Å². The van der Waals surface area contributed by atoms with Gasteiger partial charge in [0.1, 0.15) is 16.4 Å². The SMILES string of the molecule is CCOc1ccc(-n2c(SCc3nc(N)nc(N)n3)nc3sc4c(c3c2=O)CCC4)cc1. The highest BCUT2D eigenvalue weighted by Gasteiger charge is 2.24. The lowest BCUT2D eigenvalue weighted by Gasteiger charge is -2.13. The summed E-state index contributed by atoms with van der Waals surface area (Å²) in [6, 6.07) is 7.45. The van der Waals surface area contributed by atoms with Crippen molar-refractivity contribution < 1.29 is 4.74 Å². The Morgan fingerprint density at radius 2 is 1.84 bits per heavy atom. The number of hydrogen-bond acceptors (Lipinski definition) is 10. The van der Waals surface area contributed by atoms with Crippen molar-refractivity contribution in [3.8, 4) is 11.4 Å². The number of benzene rings is 1. The van der Waals surface area contributed by atoms with Gasteiger partial charge in [-0.05, 0) is 56.0 Å². The van der Waals surface area contributed by atoms with E-state index in [0.717, 1.165) is 46.5 Å². The summed E-state index contributed by atoms with van der Waals surface area (Å²) in [5.41, 5.74) is 13.2. The van der Waals surface area contributed by atoms with Crippen molar-refractivity contribution in [1.82, 2.24) is 24.5 Å². The normalized spacial score (nSPS) is 12.9. The molecule has 0 saturated heterocycles. The number of thiophene rings is 1. The Balaban J connectivity index is 1.61. The fraction of sp³-hybridized carbons (Fsp3) is 0.286. The van der Waals surface area contributed by atoms with Crippen LogP contribution in [0.15, 0.2) is 34.2 Å². The molecule has 5 rings (SSSR count). The molecule has 11 heteroatoms. The van der Waals surface area contributed by atoms with E-state index in [1.165, 1.54) is 16.6 Å². The lowest BCUT2D eigenvalue weighted by atomic mass is 10.2. The first-order valence-corrected chi connectivity index (χ1v) is 12.0. The van der Waals surface area contributed by atoms with E-state index in [0.29, 0.717) is 23.3 Å². The van der Waals surface area contributed by atoms with E-state index in [2.05, 4.69) is 15.0 Å². The highest BCUT2D eigenvalue weighted by Crippen LogP contribution is 2.36. The Morgan fingerprint density at radius 1 is 1.09 bits per heavy atom. The molecule has 4 N–H and O–H groups in total. The lowest BCUT2D eigenvalue weighted by molar-refractivity contribution is 0.340. The maximum atomic E-state index is 13.7. The molecule has 0 amide bonds. The molecule has 1 aliphatic rings. The number of nitrogens with zero attached hydrogens (tertiary/aromatic N) is 5. The summed E-state index contributed by atoms with van der Waals surface area (Å²) in [5.74, 6) is 1.66. The Kier molecular flexibility index (Phi) is 5.43. The molecular formula is C21H21N7O2S2. The van der Waals surface area contributed by atoms with Crippen molar-refractivity contribution in [1.29, 1.82) is 0 Å². The Labute approximate surface area is 191 Å². The standard InChI is InChI=1S/C21H21N7O2S2/c1-2-30-12-8-6-11(7-9-12)28-18(29)16-13-4-3-5-14(13)32-17(16)26-21(28)31-10-15-24-19(22)27-20(23)25-15/h6-9H,2-5,10H2,1H3,(H4,22,23,24,25,27). The predicted molar refractivity (Wildman–Crippen MR) is 127 cm³/mol. The average molecular weight is 468 g/mol. The molecule has 1 aliphatic carbocycles. The van der Waals surface area contributed by atoms with Gasteiger partial charge in [0.05, 0.1) is 23.4 Å². The minimum Gasteiger partial charge on any atom is -0.494 e. The molecule has 4 aromatic rings. The molecule has 1 aromatic carbocycles. The van der Waals surface area contributed by atoms with Crippen LogP contribution in [-0.4, -0.2) is 31.1 Å². The second kappa shape index (κ2) is 8.40. The summed E-state index contributed by atoms with van der Waals surface area (Å²) >= 11 is 2.98. The predicted octanol–water partition coefficient (Wildman–Crippen LogP) is 2.98. The molecule has 0 fully saturated rings. The van der Waals surface area contributed by atoms with Crippen molar-refractivity contribution in [3.05, 3.63) is 50.9 Å². The summed E-state index contributed by atoms with van der Waals surface area (Å²) in [7, 11) is 0. The van der Waals surface area contributed by atoms with Gasteiger partial charge in [-0.1, -0.05) is 11.8 Å². The van der Waals surface area contributed by atoms with Gasteiger partial charge in [0.15, 0.2) is 5.16 Å². The molecule has 0 unspecified atom stereocenters. The smallest absolute Gasteiger partial charge is 0.267 e. The zero-order chi connectivity index (χ0) is 22.2. The Hall–Kier alpha value is -3.18. The van der Waals surface area contributed by atoms with Crippen LogP contribution in [0.5, 0.6) is 5.75 Å². The largest absolute Gasteiger partial charge is 0.494 e. The zero-order valence-electron chi connectivity index (χ0n) is 17.4. The third-order valence-corrected chi connectivity index (χ3v) is 7.28. The van der Waals surface area contributed by atoms with Crippen molar-refractivity contribution in [2.45, 2.75) is 37.1 Å². The minimum atomic E-state index is -0.0595. The fourth-order valence-electron chi connectivity index (χ4n) is 3.86. The van der Waals surface area contributed by atoms with Gasteiger partial charge in [-0.2, -0.15) is 15.0 Å². The second-order valence-electron chi connectivity index (χ2n) is 7.26. The highest BCUT2D eigenvalue weighted by molar-refractivity contribution is 7.98. The fourth-order valence-corrected chi connectivity index (χ4v) is 6.03. The van der Waals surface area contributed by atoms with E-state index in [1.54, 1.807) is 15.9 Å². The van der Waals surface area contributed by atoms with E-state index in [1.807, 2.05) is 31.2 Å². The quantitative estimate of drug-likeness (QED) is 0.324. The van der Waals surface area contributed by atoms with Crippen LogP contribution in [0.3, 0.4) is 0 Å².